The van der Waals surface area contributed by atoms with Gasteiger partial charge in [-0.25, -0.2) is 0 Å². The van der Waals surface area contributed by atoms with Crippen LogP contribution < -0.4 is 5.32 Å². The molecule has 1 N–H and O–H groups in total. The van der Waals surface area contributed by atoms with Crippen molar-refractivity contribution in [3.63, 3.8) is 0 Å². The minimum atomic E-state index is 0.579. The van der Waals surface area contributed by atoms with Gasteiger partial charge in [0, 0.05) is 24.0 Å². The molecule has 15 heavy (non-hydrogen) atoms. The maximum atomic E-state index is 3.55. The van der Waals surface area contributed by atoms with Gasteiger partial charge in [0.15, 0.2) is 0 Å². The van der Waals surface area contributed by atoms with E-state index in [4.69, 9.17) is 0 Å². The van der Waals surface area contributed by atoms with Crippen LogP contribution >= 0.6 is 11.3 Å². The Morgan fingerprint density at radius 2 is 2.33 bits per heavy atom. The van der Waals surface area contributed by atoms with Gasteiger partial charge in [0.25, 0.3) is 0 Å². The normalized spacial score (nSPS) is 13.3. The van der Waals surface area contributed by atoms with E-state index in [1.807, 2.05) is 11.3 Å². The molecule has 0 aromatic carbocycles. The third-order valence-corrected chi connectivity index (χ3v) is 3.51. The second-order valence-electron chi connectivity index (χ2n) is 4.04. The standard InChI is InChI=1S/C12H22N2S/c1-4-14(3)10-11(2)13-8-7-12-6-5-9-15-12/h5-6,9,11,13H,4,7-8,10H2,1-3H3. The van der Waals surface area contributed by atoms with Gasteiger partial charge in [-0.2, -0.15) is 0 Å². The molecule has 0 radical (unpaired) electrons. The zero-order valence-electron chi connectivity index (χ0n) is 9.99. The number of thiophene rings is 1. The summed E-state index contributed by atoms with van der Waals surface area (Å²) in [4.78, 5) is 3.81. The molecule has 2 nitrogen and oxygen atoms in total. The van der Waals surface area contributed by atoms with Crippen LogP contribution in [0.5, 0.6) is 0 Å². The van der Waals surface area contributed by atoms with Crippen molar-refractivity contribution in [2.45, 2.75) is 26.3 Å². The topological polar surface area (TPSA) is 15.3 Å². The molecular formula is C12H22N2S. The van der Waals surface area contributed by atoms with Crippen molar-refractivity contribution < 1.29 is 0 Å². The highest BCUT2D eigenvalue weighted by Crippen LogP contribution is 2.08. The summed E-state index contributed by atoms with van der Waals surface area (Å²) in [6.07, 6.45) is 1.15. The van der Waals surface area contributed by atoms with Crippen molar-refractivity contribution in [2.24, 2.45) is 0 Å². The number of nitrogens with zero attached hydrogens (tertiary/aromatic N) is 1. The molecule has 1 aromatic rings. The lowest BCUT2D eigenvalue weighted by atomic mass is 10.3. The van der Waals surface area contributed by atoms with Gasteiger partial charge in [-0.1, -0.05) is 13.0 Å². The van der Waals surface area contributed by atoms with E-state index >= 15 is 0 Å². The summed E-state index contributed by atoms with van der Waals surface area (Å²) in [5.41, 5.74) is 0. The van der Waals surface area contributed by atoms with E-state index in [2.05, 4.69) is 48.6 Å². The third kappa shape index (κ3) is 5.30. The van der Waals surface area contributed by atoms with Crippen LogP contribution in [0.3, 0.4) is 0 Å². The average Bonchev–Trinajstić information content (AvgIpc) is 2.70. The van der Waals surface area contributed by atoms with Crippen LogP contribution in [0.4, 0.5) is 0 Å². The molecule has 1 atom stereocenters. The predicted octanol–water partition coefficient (Wildman–Crippen LogP) is 2.22. The molecule has 0 aliphatic heterocycles. The Morgan fingerprint density at radius 3 is 2.93 bits per heavy atom. The molecule has 0 amide bonds. The molecule has 0 fully saturated rings. The SMILES string of the molecule is CCN(C)CC(C)NCCc1cccs1. The summed E-state index contributed by atoms with van der Waals surface area (Å²) in [6, 6.07) is 4.90. The molecule has 0 aliphatic carbocycles. The number of likely N-dealkylation sites (N-methyl/N-ethyl adjacent to an activating group) is 1. The van der Waals surface area contributed by atoms with Crippen molar-refractivity contribution in [1.82, 2.24) is 10.2 Å². The van der Waals surface area contributed by atoms with Crippen LogP contribution in [0.15, 0.2) is 17.5 Å². The molecule has 86 valence electrons. The van der Waals surface area contributed by atoms with Crippen LogP contribution in [0, 0.1) is 0 Å². The van der Waals surface area contributed by atoms with Crippen LogP contribution in [0.2, 0.25) is 0 Å². The fourth-order valence-corrected chi connectivity index (χ4v) is 2.27. The summed E-state index contributed by atoms with van der Waals surface area (Å²) < 4.78 is 0. The maximum absolute atomic E-state index is 3.55. The van der Waals surface area contributed by atoms with Gasteiger partial charge in [-0.05, 0) is 38.4 Å². The van der Waals surface area contributed by atoms with E-state index < -0.39 is 0 Å². The van der Waals surface area contributed by atoms with E-state index in [-0.39, 0.29) is 0 Å². The van der Waals surface area contributed by atoms with E-state index in [1.165, 1.54) is 4.88 Å². The van der Waals surface area contributed by atoms with Crippen LogP contribution in [-0.4, -0.2) is 37.6 Å². The monoisotopic (exact) mass is 226 g/mol. The third-order valence-electron chi connectivity index (χ3n) is 2.57. The molecule has 0 saturated heterocycles. The zero-order chi connectivity index (χ0) is 11.1. The molecule has 1 heterocycles. The van der Waals surface area contributed by atoms with Gasteiger partial charge in [0.2, 0.25) is 0 Å². The minimum Gasteiger partial charge on any atom is -0.313 e. The smallest absolute Gasteiger partial charge is 0.0166 e. The second kappa shape index (κ2) is 6.99. The summed E-state index contributed by atoms with van der Waals surface area (Å²) in [5.74, 6) is 0. The molecular weight excluding hydrogens is 204 g/mol. The highest BCUT2D eigenvalue weighted by atomic mass is 32.1. The first-order chi connectivity index (χ1) is 7.22. The summed E-state index contributed by atoms with van der Waals surface area (Å²) in [7, 11) is 2.16. The van der Waals surface area contributed by atoms with Crippen molar-refractivity contribution in [2.75, 3.05) is 26.7 Å². The van der Waals surface area contributed by atoms with Gasteiger partial charge in [-0.3, -0.25) is 0 Å². The fourth-order valence-electron chi connectivity index (χ4n) is 1.56. The zero-order valence-corrected chi connectivity index (χ0v) is 10.8. The first kappa shape index (κ1) is 12.7. The van der Waals surface area contributed by atoms with Crippen LogP contribution in [0.25, 0.3) is 0 Å². The molecule has 1 aromatic heterocycles. The molecule has 0 aliphatic rings. The quantitative estimate of drug-likeness (QED) is 0.767. The molecule has 3 heteroatoms. The number of hydrogen-bond donors (Lipinski definition) is 1. The lowest BCUT2D eigenvalue weighted by molar-refractivity contribution is 0.311. The van der Waals surface area contributed by atoms with Crippen molar-refractivity contribution in [3.8, 4) is 0 Å². The molecule has 0 bridgehead atoms. The Bertz CT molecular complexity index is 246. The Labute approximate surface area is 97.3 Å². The van der Waals surface area contributed by atoms with E-state index in [0.29, 0.717) is 6.04 Å². The average molecular weight is 226 g/mol. The van der Waals surface area contributed by atoms with Crippen molar-refractivity contribution in [1.29, 1.82) is 0 Å². The van der Waals surface area contributed by atoms with Gasteiger partial charge in [-0.15, -0.1) is 11.3 Å². The number of nitrogens with one attached hydrogen (secondary N) is 1. The molecule has 0 saturated carbocycles. The first-order valence-electron chi connectivity index (χ1n) is 5.66. The second-order valence-corrected chi connectivity index (χ2v) is 5.07. The summed E-state index contributed by atoms with van der Waals surface area (Å²) in [6.45, 7) is 7.77. The summed E-state index contributed by atoms with van der Waals surface area (Å²) in [5, 5.41) is 5.69. The van der Waals surface area contributed by atoms with E-state index in [1.54, 1.807) is 0 Å². The van der Waals surface area contributed by atoms with Crippen molar-refractivity contribution >= 4 is 11.3 Å². The Hall–Kier alpha value is -0.380. The van der Waals surface area contributed by atoms with Gasteiger partial charge in [0.05, 0.1) is 0 Å². The van der Waals surface area contributed by atoms with Gasteiger partial charge in [0.1, 0.15) is 0 Å². The molecule has 1 unspecified atom stereocenters. The molecule has 1 rings (SSSR count). The Balaban J connectivity index is 2.09. The largest absolute Gasteiger partial charge is 0.313 e. The Kier molecular flexibility index (Phi) is 5.91. The summed E-state index contributed by atoms with van der Waals surface area (Å²) >= 11 is 1.84. The molecule has 0 spiro atoms. The first-order valence-corrected chi connectivity index (χ1v) is 6.54. The van der Waals surface area contributed by atoms with Gasteiger partial charge < -0.3 is 10.2 Å². The minimum absolute atomic E-state index is 0.579. The number of rotatable bonds is 7. The fraction of sp³-hybridized carbons (Fsp3) is 0.667. The lowest BCUT2D eigenvalue weighted by Gasteiger charge is -2.20. The van der Waals surface area contributed by atoms with E-state index in [0.717, 1.165) is 26.1 Å². The van der Waals surface area contributed by atoms with Crippen LogP contribution in [-0.2, 0) is 6.42 Å². The highest BCUT2D eigenvalue weighted by molar-refractivity contribution is 7.09. The van der Waals surface area contributed by atoms with E-state index in [9.17, 15) is 0 Å². The predicted molar refractivity (Wildman–Crippen MR) is 68.7 cm³/mol. The van der Waals surface area contributed by atoms with Gasteiger partial charge >= 0.3 is 0 Å². The maximum Gasteiger partial charge on any atom is 0.0166 e. The Morgan fingerprint density at radius 1 is 1.53 bits per heavy atom. The van der Waals surface area contributed by atoms with Crippen molar-refractivity contribution in [3.05, 3.63) is 22.4 Å². The van der Waals surface area contributed by atoms with Crippen LogP contribution in [0.1, 0.15) is 18.7 Å². The number of hydrogen-bond acceptors (Lipinski definition) is 3. The highest BCUT2D eigenvalue weighted by Gasteiger charge is 2.03. The lowest BCUT2D eigenvalue weighted by Crippen LogP contribution is -2.38.